The zero-order valence-corrected chi connectivity index (χ0v) is 18.7. The van der Waals surface area contributed by atoms with E-state index in [1.165, 1.54) is 19.3 Å². The third kappa shape index (κ3) is 5.02. The predicted molar refractivity (Wildman–Crippen MR) is 117 cm³/mol. The molecule has 3 amide bonds. The summed E-state index contributed by atoms with van der Waals surface area (Å²) in [5.74, 6) is -0.219. The Kier molecular flexibility index (Phi) is 6.53. The lowest BCUT2D eigenvalue weighted by atomic mass is 9.77. The van der Waals surface area contributed by atoms with E-state index < -0.39 is 0 Å². The third-order valence-electron chi connectivity index (χ3n) is 6.59. The maximum Gasteiger partial charge on any atom is 0.251 e. The van der Waals surface area contributed by atoms with Crippen LogP contribution in [-0.4, -0.2) is 46.3 Å². The first-order valence-electron chi connectivity index (χ1n) is 11.1. The molecule has 0 bridgehead atoms. The van der Waals surface area contributed by atoms with Crippen LogP contribution in [0.3, 0.4) is 0 Å². The van der Waals surface area contributed by atoms with Crippen LogP contribution in [0.25, 0.3) is 0 Å². The molecular weight excluding hydrogens is 378 g/mol. The zero-order chi connectivity index (χ0) is 21.9. The summed E-state index contributed by atoms with van der Waals surface area (Å²) in [5.41, 5.74) is 0.460. The van der Waals surface area contributed by atoms with Gasteiger partial charge >= 0.3 is 0 Å². The highest BCUT2D eigenvalue weighted by atomic mass is 16.2. The van der Waals surface area contributed by atoms with Gasteiger partial charge in [0.15, 0.2) is 0 Å². The van der Waals surface area contributed by atoms with Crippen LogP contribution < -0.4 is 10.6 Å². The van der Waals surface area contributed by atoms with Crippen LogP contribution in [0, 0.1) is 0 Å². The molecule has 30 heavy (non-hydrogen) atoms. The quantitative estimate of drug-likeness (QED) is 0.723. The minimum absolute atomic E-state index is 0.0204. The van der Waals surface area contributed by atoms with Crippen molar-refractivity contribution in [3.8, 4) is 0 Å². The lowest BCUT2D eigenvalue weighted by Crippen LogP contribution is -2.63. The Hall–Kier alpha value is -2.37. The van der Waals surface area contributed by atoms with Crippen LogP contribution in [0.5, 0.6) is 0 Å². The number of hydrogen-bond donors (Lipinski definition) is 2. The summed E-state index contributed by atoms with van der Waals surface area (Å²) in [6.45, 7) is 8.12. The van der Waals surface area contributed by atoms with Crippen molar-refractivity contribution in [2.45, 2.75) is 95.8 Å². The van der Waals surface area contributed by atoms with Crippen molar-refractivity contribution < 1.29 is 14.4 Å². The van der Waals surface area contributed by atoms with Gasteiger partial charge in [0.25, 0.3) is 11.8 Å². The predicted octanol–water partition coefficient (Wildman–Crippen LogP) is 3.66. The Morgan fingerprint density at radius 1 is 0.833 bits per heavy atom. The lowest BCUT2D eigenvalue weighted by Gasteiger charge is -2.53. The van der Waals surface area contributed by atoms with Crippen LogP contribution in [0.4, 0.5) is 0 Å². The topological polar surface area (TPSA) is 78.5 Å². The number of amides is 3. The van der Waals surface area contributed by atoms with E-state index in [1.807, 2.05) is 32.6 Å². The van der Waals surface area contributed by atoms with Gasteiger partial charge in [-0.25, -0.2) is 0 Å². The summed E-state index contributed by atoms with van der Waals surface area (Å²) in [6.07, 6.45) is 7.98. The summed E-state index contributed by atoms with van der Waals surface area (Å²) in [7, 11) is 0. The molecule has 6 nitrogen and oxygen atoms in total. The fourth-order valence-corrected chi connectivity index (χ4v) is 5.24. The minimum atomic E-state index is -0.331. The smallest absolute Gasteiger partial charge is 0.251 e. The molecule has 1 aliphatic carbocycles. The average Bonchev–Trinajstić information content (AvgIpc) is 2.67. The molecule has 1 heterocycles. The van der Waals surface area contributed by atoms with Gasteiger partial charge in [-0.05, 0) is 77.6 Å². The number of benzene rings is 1. The monoisotopic (exact) mass is 413 g/mol. The van der Waals surface area contributed by atoms with Gasteiger partial charge < -0.3 is 15.5 Å². The Morgan fingerprint density at radius 2 is 1.27 bits per heavy atom. The fraction of sp³-hybridized carbons (Fsp3) is 0.625. The molecule has 0 unspecified atom stereocenters. The van der Waals surface area contributed by atoms with Crippen LogP contribution >= 0.6 is 0 Å². The van der Waals surface area contributed by atoms with Gasteiger partial charge in [0.2, 0.25) is 6.41 Å². The number of rotatable bonds is 5. The first-order valence-corrected chi connectivity index (χ1v) is 11.1. The molecule has 0 spiro atoms. The molecule has 6 heteroatoms. The fourth-order valence-electron chi connectivity index (χ4n) is 5.24. The van der Waals surface area contributed by atoms with E-state index in [9.17, 15) is 14.4 Å². The second-order valence-electron chi connectivity index (χ2n) is 10.1. The molecule has 164 valence electrons. The first kappa shape index (κ1) is 22.3. The van der Waals surface area contributed by atoms with Crippen LogP contribution in [0.2, 0.25) is 0 Å². The van der Waals surface area contributed by atoms with Gasteiger partial charge in [-0.3, -0.25) is 14.4 Å². The molecule has 1 aromatic carbocycles. The second-order valence-corrected chi connectivity index (χ2v) is 10.1. The number of carbonyl (C=O) groups excluding carboxylic acids is 3. The Balaban J connectivity index is 1.60. The molecule has 1 saturated carbocycles. The largest absolute Gasteiger partial charge is 0.349 e. The Bertz CT molecular complexity index is 761. The van der Waals surface area contributed by atoms with Gasteiger partial charge in [-0.1, -0.05) is 19.3 Å². The van der Waals surface area contributed by atoms with Crippen molar-refractivity contribution in [1.29, 1.82) is 0 Å². The second kappa shape index (κ2) is 8.78. The van der Waals surface area contributed by atoms with Crippen LogP contribution in [-0.2, 0) is 4.79 Å². The molecule has 0 atom stereocenters. The van der Waals surface area contributed by atoms with Gasteiger partial charge in [0, 0.05) is 34.3 Å². The number of nitrogens with one attached hydrogen (secondary N) is 2. The van der Waals surface area contributed by atoms with E-state index >= 15 is 0 Å². The zero-order valence-electron chi connectivity index (χ0n) is 18.7. The Labute approximate surface area is 179 Å². The molecule has 2 aliphatic rings. The van der Waals surface area contributed by atoms with Gasteiger partial charge in [-0.15, -0.1) is 0 Å². The maximum atomic E-state index is 12.8. The third-order valence-corrected chi connectivity index (χ3v) is 6.59. The van der Waals surface area contributed by atoms with Crippen LogP contribution in [0.15, 0.2) is 24.3 Å². The van der Waals surface area contributed by atoms with E-state index in [2.05, 4.69) is 10.6 Å². The van der Waals surface area contributed by atoms with Crippen molar-refractivity contribution in [3.05, 3.63) is 35.4 Å². The molecule has 2 fully saturated rings. The normalized spacial score (nSPS) is 21.7. The van der Waals surface area contributed by atoms with Gasteiger partial charge in [-0.2, -0.15) is 0 Å². The van der Waals surface area contributed by atoms with Gasteiger partial charge in [0.05, 0.1) is 0 Å². The number of hydrogen-bond acceptors (Lipinski definition) is 3. The first-order chi connectivity index (χ1) is 14.1. The highest BCUT2D eigenvalue weighted by molar-refractivity contribution is 5.98. The molecule has 3 rings (SSSR count). The highest BCUT2D eigenvalue weighted by Gasteiger charge is 2.45. The average molecular weight is 414 g/mol. The molecular formula is C24H35N3O3. The van der Waals surface area contributed by atoms with Crippen molar-refractivity contribution in [2.24, 2.45) is 0 Å². The maximum absolute atomic E-state index is 12.8. The Morgan fingerprint density at radius 3 is 1.70 bits per heavy atom. The van der Waals surface area contributed by atoms with Crippen molar-refractivity contribution in [2.75, 3.05) is 0 Å². The van der Waals surface area contributed by atoms with E-state index in [1.54, 1.807) is 24.3 Å². The number of nitrogens with zero attached hydrogens (tertiary/aromatic N) is 1. The lowest BCUT2D eigenvalue weighted by molar-refractivity contribution is -0.135. The molecule has 0 aromatic heterocycles. The molecule has 2 N–H and O–H groups in total. The molecule has 0 radical (unpaired) electrons. The summed E-state index contributed by atoms with van der Waals surface area (Å²) in [5, 5.41) is 6.23. The van der Waals surface area contributed by atoms with Gasteiger partial charge in [0.1, 0.15) is 0 Å². The van der Waals surface area contributed by atoms with Crippen molar-refractivity contribution >= 4 is 18.2 Å². The van der Waals surface area contributed by atoms with E-state index in [0.29, 0.717) is 24.0 Å². The van der Waals surface area contributed by atoms with E-state index in [-0.39, 0.29) is 35.0 Å². The van der Waals surface area contributed by atoms with Crippen molar-refractivity contribution in [1.82, 2.24) is 15.5 Å². The van der Waals surface area contributed by atoms with Crippen LogP contribution in [0.1, 0.15) is 93.4 Å². The minimum Gasteiger partial charge on any atom is -0.349 e. The standard InChI is InChI=1S/C24H35N3O3/c1-23(2)14-20(15-24(3,4)27(23)16-28)26-22(30)18-12-10-17(11-13-18)21(29)25-19-8-6-5-7-9-19/h10-13,16,19-20H,5-9,14-15H2,1-4H3,(H,25,29)(H,26,30). The number of carbonyl (C=O) groups is 3. The highest BCUT2D eigenvalue weighted by Crippen LogP contribution is 2.37. The molecule has 1 aliphatic heterocycles. The summed E-state index contributed by atoms with van der Waals surface area (Å²) < 4.78 is 0. The summed E-state index contributed by atoms with van der Waals surface area (Å²) in [6, 6.07) is 7.10. The molecule has 1 aromatic rings. The van der Waals surface area contributed by atoms with Crippen molar-refractivity contribution in [3.63, 3.8) is 0 Å². The van der Waals surface area contributed by atoms with E-state index in [4.69, 9.17) is 0 Å². The SMILES string of the molecule is CC1(C)CC(NC(=O)c2ccc(C(=O)NC3CCCCC3)cc2)CC(C)(C)N1C=O. The summed E-state index contributed by atoms with van der Waals surface area (Å²) in [4.78, 5) is 38.7. The summed E-state index contributed by atoms with van der Waals surface area (Å²) >= 11 is 0. The molecule has 1 saturated heterocycles. The number of likely N-dealkylation sites (tertiary alicyclic amines) is 1. The number of piperidine rings is 1. The van der Waals surface area contributed by atoms with E-state index in [0.717, 1.165) is 19.3 Å².